The first-order chi connectivity index (χ1) is 10.4. The van der Waals surface area contributed by atoms with Crippen molar-refractivity contribution in [3.63, 3.8) is 0 Å². The third kappa shape index (κ3) is 2.94. The van der Waals surface area contributed by atoms with Crippen LogP contribution < -0.4 is 5.32 Å². The molecule has 22 heavy (non-hydrogen) atoms. The van der Waals surface area contributed by atoms with E-state index in [1.54, 1.807) is 12.1 Å². The summed E-state index contributed by atoms with van der Waals surface area (Å²) in [4.78, 5) is 23.4. The Kier molecular flexibility index (Phi) is 4.47. The lowest BCUT2D eigenvalue weighted by molar-refractivity contribution is -0.155. The molecule has 0 aliphatic carbocycles. The van der Waals surface area contributed by atoms with Crippen LogP contribution in [0.1, 0.15) is 25.5 Å². The molecule has 0 aliphatic rings. The lowest BCUT2D eigenvalue weighted by Crippen LogP contribution is -2.56. The van der Waals surface area contributed by atoms with Crippen LogP contribution in [0.25, 0.3) is 10.8 Å². The second-order valence-electron chi connectivity index (χ2n) is 5.38. The fourth-order valence-electron chi connectivity index (χ4n) is 2.52. The van der Waals surface area contributed by atoms with Gasteiger partial charge in [-0.3, -0.25) is 4.79 Å². The normalized spacial score (nSPS) is 14.9. The molecule has 0 saturated heterocycles. The van der Waals surface area contributed by atoms with Gasteiger partial charge in [0, 0.05) is 6.92 Å². The summed E-state index contributed by atoms with van der Waals surface area (Å²) < 4.78 is 4.73. The van der Waals surface area contributed by atoms with Crippen molar-refractivity contribution >= 4 is 22.6 Å². The summed E-state index contributed by atoms with van der Waals surface area (Å²) in [6, 6.07) is 13.1. The first-order valence-corrected chi connectivity index (χ1v) is 6.92. The molecule has 2 atom stereocenters. The first-order valence-electron chi connectivity index (χ1n) is 6.92. The van der Waals surface area contributed by atoms with E-state index in [-0.39, 0.29) is 0 Å². The summed E-state index contributed by atoms with van der Waals surface area (Å²) in [7, 11) is 1.22. The quantitative estimate of drug-likeness (QED) is 0.846. The van der Waals surface area contributed by atoms with E-state index in [1.165, 1.54) is 21.0 Å². The van der Waals surface area contributed by atoms with Gasteiger partial charge in [-0.05, 0) is 29.3 Å². The van der Waals surface area contributed by atoms with Gasteiger partial charge in [-0.1, -0.05) is 36.4 Å². The largest absolute Gasteiger partial charge is 0.467 e. The van der Waals surface area contributed by atoms with Crippen molar-refractivity contribution in [2.75, 3.05) is 7.11 Å². The number of carbonyl (C=O) groups excluding carboxylic acids is 2. The van der Waals surface area contributed by atoms with E-state index in [0.29, 0.717) is 5.56 Å². The molecule has 0 fully saturated rings. The molecule has 0 aliphatic heterocycles. The van der Waals surface area contributed by atoms with E-state index in [9.17, 15) is 14.7 Å². The Labute approximate surface area is 128 Å². The number of benzene rings is 2. The average molecular weight is 301 g/mol. The Morgan fingerprint density at radius 2 is 1.82 bits per heavy atom. The van der Waals surface area contributed by atoms with Gasteiger partial charge in [-0.25, -0.2) is 4.79 Å². The van der Waals surface area contributed by atoms with E-state index >= 15 is 0 Å². The second-order valence-corrected chi connectivity index (χ2v) is 5.38. The molecular weight excluding hydrogens is 282 g/mol. The van der Waals surface area contributed by atoms with Gasteiger partial charge in [0.05, 0.1) is 7.11 Å². The van der Waals surface area contributed by atoms with Crippen LogP contribution in [0.4, 0.5) is 0 Å². The lowest BCUT2D eigenvalue weighted by Gasteiger charge is -2.32. The summed E-state index contributed by atoms with van der Waals surface area (Å²) in [5.74, 6) is -1.13. The van der Waals surface area contributed by atoms with Crippen molar-refractivity contribution in [1.29, 1.82) is 0 Å². The zero-order valence-electron chi connectivity index (χ0n) is 12.8. The number of aliphatic hydroxyl groups is 1. The molecule has 0 spiro atoms. The number of esters is 1. The summed E-state index contributed by atoms with van der Waals surface area (Å²) >= 11 is 0. The topological polar surface area (TPSA) is 75.6 Å². The van der Waals surface area contributed by atoms with Crippen LogP contribution in [0, 0.1) is 0 Å². The number of fused-ring (bicyclic) bond motifs is 1. The third-order valence-corrected chi connectivity index (χ3v) is 3.68. The Hall–Kier alpha value is -2.40. The molecule has 0 aromatic heterocycles. The minimum absolute atomic E-state index is 0.423. The predicted molar refractivity (Wildman–Crippen MR) is 83.1 cm³/mol. The van der Waals surface area contributed by atoms with Crippen LogP contribution in [0.2, 0.25) is 0 Å². The standard InChI is InChI=1S/C17H19NO4/c1-11(19)18-17(2,16(21)22-3)15(20)14-9-8-12-6-4-5-7-13(12)10-14/h4-10,15,20H,1-3H3,(H,18,19)/t15-,17-/m0/s1. The van der Waals surface area contributed by atoms with Crippen LogP contribution in [0.3, 0.4) is 0 Å². The van der Waals surface area contributed by atoms with Gasteiger partial charge in [0.25, 0.3) is 0 Å². The molecule has 2 aromatic rings. The van der Waals surface area contributed by atoms with Crippen LogP contribution in [-0.4, -0.2) is 29.6 Å². The number of methoxy groups -OCH3 is 1. The monoisotopic (exact) mass is 301 g/mol. The average Bonchev–Trinajstić information content (AvgIpc) is 2.52. The highest BCUT2D eigenvalue weighted by atomic mass is 16.5. The van der Waals surface area contributed by atoms with Crippen molar-refractivity contribution in [3.05, 3.63) is 48.0 Å². The number of aliphatic hydroxyl groups excluding tert-OH is 1. The van der Waals surface area contributed by atoms with Gasteiger partial charge in [0.2, 0.25) is 5.91 Å². The van der Waals surface area contributed by atoms with Crippen molar-refractivity contribution in [2.45, 2.75) is 25.5 Å². The van der Waals surface area contributed by atoms with Gasteiger partial charge >= 0.3 is 5.97 Å². The molecule has 116 valence electrons. The van der Waals surface area contributed by atoms with E-state index in [2.05, 4.69) is 5.32 Å². The minimum atomic E-state index is -1.55. The molecular formula is C17H19NO4. The molecule has 0 unspecified atom stereocenters. The lowest BCUT2D eigenvalue weighted by atomic mass is 9.88. The van der Waals surface area contributed by atoms with E-state index < -0.39 is 23.5 Å². The van der Waals surface area contributed by atoms with Crippen LogP contribution >= 0.6 is 0 Å². The highest BCUT2D eigenvalue weighted by Gasteiger charge is 2.43. The molecule has 5 nitrogen and oxygen atoms in total. The maximum Gasteiger partial charge on any atom is 0.334 e. The summed E-state index contributed by atoms with van der Waals surface area (Å²) in [6.45, 7) is 2.73. The van der Waals surface area contributed by atoms with E-state index in [1.807, 2.05) is 30.3 Å². The van der Waals surface area contributed by atoms with Gasteiger partial charge in [0.15, 0.2) is 5.54 Å². The zero-order valence-corrected chi connectivity index (χ0v) is 12.8. The van der Waals surface area contributed by atoms with Gasteiger partial charge < -0.3 is 15.2 Å². The Bertz CT molecular complexity index is 713. The molecule has 2 rings (SSSR count). The van der Waals surface area contributed by atoms with Crippen molar-refractivity contribution in [3.8, 4) is 0 Å². The zero-order chi connectivity index (χ0) is 16.3. The SMILES string of the molecule is COC(=O)[C@@](C)(NC(C)=O)[C@@H](O)c1ccc2ccccc2c1. The molecule has 5 heteroatoms. The molecule has 0 bridgehead atoms. The molecule has 2 N–H and O–H groups in total. The molecule has 0 saturated carbocycles. The van der Waals surface area contributed by atoms with E-state index in [0.717, 1.165) is 10.8 Å². The number of ether oxygens (including phenoxy) is 1. The van der Waals surface area contributed by atoms with Crippen molar-refractivity contribution < 1.29 is 19.4 Å². The molecule has 1 amide bonds. The number of carbonyl (C=O) groups is 2. The predicted octanol–water partition coefficient (Wildman–Crippen LogP) is 1.94. The van der Waals surface area contributed by atoms with Gasteiger partial charge in [-0.15, -0.1) is 0 Å². The number of nitrogens with one attached hydrogen (secondary N) is 1. The smallest absolute Gasteiger partial charge is 0.334 e. The summed E-state index contributed by atoms with van der Waals surface area (Å²) in [6.07, 6.45) is -1.23. The Morgan fingerprint density at radius 1 is 1.18 bits per heavy atom. The summed E-state index contributed by atoms with van der Waals surface area (Å²) in [5.41, 5.74) is -1.02. The number of hydrogen-bond donors (Lipinski definition) is 2. The highest BCUT2D eigenvalue weighted by molar-refractivity contribution is 5.88. The van der Waals surface area contributed by atoms with Crippen LogP contribution in [0.15, 0.2) is 42.5 Å². The number of amides is 1. The highest BCUT2D eigenvalue weighted by Crippen LogP contribution is 2.29. The maximum absolute atomic E-state index is 12.1. The Balaban J connectivity index is 2.45. The van der Waals surface area contributed by atoms with Gasteiger partial charge in [0.1, 0.15) is 6.10 Å². The number of hydrogen-bond acceptors (Lipinski definition) is 4. The van der Waals surface area contributed by atoms with Crippen molar-refractivity contribution in [1.82, 2.24) is 5.32 Å². The minimum Gasteiger partial charge on any atom is -0.467 e. The van der Waals surface area contributed by atoms with Crippen LogP contribution in [-0.2, 0) is 14.3 Å². The third-order valence-electron chi connectivity index (χ3n) is 3.68. The van der Waals surface area contributed by atoms with Crippen LogP contribution in [0.5, 0.6) is 0 Å². The van der Waals surface area contributed by atoms with Crippen molar-refractivity contribution in [2.24, 2.45) is 0 Å². The molecule has 0 heterocycles. The van der Waals surface area contributed by atoms with E-state index in [4.69, 9.17) is 4.74 Å². The maximum atomic E-state index is 12.1. The summed E-state index contributed by atoms with van der Waals surface area (Å²) in [5, 5.41) is 15.1. The Morgan fingerprint density at radius 3 is 2.41 bits per heavy atom. The molecule has 0 radical (unpaired) electrons. The fourth-order valence-corrected chi connectivity index (χ4v) is 2.52. The number of rotatable bonds is 4. The van der Waals surface area contributed by atoms with Gasteiger partial charge in [-0.2, -0.15) is 0 Å². The molecule has 2 aromatic carbocycles. The fraction of sp³-hybridized carbons (Fsp3) is 0.294. The second kappa shape index (κ2) is 6.15. The first kappa shape index (κ1) is 16.0.